The van der Waals surface area contributed by atoms with Crippen molar-refractivity contribution in [3.63, 3.8) is 0 Å². The minimum Gasteiger partial charge on any atom is -0.496 e. The first kappa shape index (κ1) is 15.6. The van der Waals surface area contributed by atoms with Crippen molar-refractivity contribution >= 4 is 16.6 Å². The fourth-order valence-corrected chi connectivity index (χ4v) is 3.33. The molecule has 2 aromatic rings. The summed E-state index contributed by atoms with van der Waals surface area (Å²) in [6.45, 7) is 3.66. The first-order valence-corrected chi connectivity index (χ1v) is 7.49. The number of methoxy groups -OCH3 is 3. The Kier molecular flexibility index (Phi) is 3.90. The molecule has 0 fully saturated rings. The Hall–Kier alpha value is -2.27. The molecule has 1 heterocycles. The van der Waals surface area contributed by atoms with Crippen LogP contribution in [0.4, 0.5) is 0 Å². The first-order chi connectivity index (χ1) is 11.0. The van der Waals surface area contributed by atoms with Gasteiger partial charge in [-0.2, -0.15) is 0 Å². The van der Waals surface area contributed by atoms with Gasteiger partial charge in [0.15, 0.2) is 5.78 Å². The van der Waals surface area contributed by atoms with Gasteiger partial charge in [0, 0.05) is 10.9 Å². The molecule has 0 spiro atoms. The highest BCUT2D eigenvalue weighted by molar-refractivity contribution is 6.12. The van der Waals surface area contributed by atoms with Crippen LogP contribution in [0.15, 0.2) is 18.2 Å². The standard InChI is InChI=1S/C18H20O5/c1-9-13-15(16(19)10(2)23-9)17(21-4)11-7-6-8-12(20-3)14(11)18(13)22-5/h6-10H,1-5H3/t9-,10+/m1/s1. The zero-order chi connectivity index (χ0) is 16.7. The molecule has 2 atom stereocenters. The smallest absolute Gasteiger partial charge is 0.195 e. The molecule has 0 saturated carbocycles. The van der Waals surface area contributed by atoms with E-state index in [4.69, 9.17) is 18.9 Å². The van der Waals surface area contributed by atoms with Gasteiger partial charge in [0.25, 0.3) is 0 Å². The Morgan fingerprint density at radius 2 is 1.65 bits per heavy atom. The summed E-state index contributed by atoms with van der Waals surface area (Å²) in [7, 11) is 4.76. The molecule has 0 radical (unpaired) electrons. The summed E-state index contributed by atoms with van der Waals surface area (Å²) in [5.74, 6) is 1.71. The van der Waals surface area contributed by atoms with Gasteiger partial charge in [0.2, 0.25) is 0 Å². The van der Waals surface area contributed by atoms with Crippen molar-refractivity contribution in [2.24, 2.45) is 0 Å². The van der Waals surface area contributed by atoms with Crippen molar-refractivity contribution in [1.29, 1.82) is 0 Å². The Bertz CT molecular complexity index is 781. The average molecular weight is 316 g/mol. The van der Waals surface area contributed by atoms with Crippen LogP contribution >= 0.6 is 0 Å². The maximum absolute atomic E-state index is 12.7. The monoisotopic (exact) mass is 316 g/mol. The third-order valence-corrected chi connectivity index (χ3v) is 4.30. The topological polar surface area (TPSA) is 54.0 Å². The zero-order valence-electron chi connectivity index (χ0n) is 13.9. The Morgan fingerprint density at radius 1 is 0.957 bits per heavy atom. The van der Waals surface area contributed by atoms with Crippen molar-refractivity contribution in [2.45, 2.75) is 26.1 Å². The van der Waals surface area contributed by atoms with Crippen molar-refractivity contribution in [3.8, 4) is 17.2 Å². The van der Waals surface area contributed by atoms with Crippen LogP contribution < -0.4 is 14.2 Å². The number of rotatable bonds is 3. The lowest BCUT2D eigenvalue weighted by Crippen LogP contribution is -2.30. The van der Waals surface area contributed by atoms with Crippen LogP contribution in [0.3, 0.4) is 0 Å². The molecule has 0 aromatic heterocycles. The lowest BCUT2D eigenvalue weighted by Gasteiger charge is -2.31. The summed E-state index contributed by atoms with van der Waals surface area (Å²) in [6.07, 6.45) is -0.796. The molecule has 5 nitrogen and oxygen atoms in total. The van der Waals surface area contributed by atoms with Crippen LogP contribution in [0, 0.1) is 0 Å². The second kappa shape index (κ2) is 5.74. The van der Waals surface area contributed by atoms with Gasteiger partial charge in [-0.3, -0.25) is 4.79 Å². The van der Waals surface area contributed by atoms with Gasteiger partial charge >= 0.3 is 0 Å². The lowest BCUT2D eigenvalue weighted by molar-refractivity contribution is 0.00185. The quantitative estimate of drug-likeness (QED) is 0.867. The van der Waals surface area contributed by atoms with E-state index in [2.05, 4.69) is 0 Å². The maximum atomic E-state index is 12.7. The number of ether oxygens (including phenoxy) is 4. The number of fused-ring (bicyclic) bond motifs is 2. The van der Waals surface area contributed by atoms with Gasteiger partial charge in [-0.1, -0.05) is 12.1 Å². The van der Waals surface area contributed by atoms with E-state index in [1.165, 1.54) is 0 Å². The van der Waals surface area contributed by atoms with E-state index in [0.717, 1.165) is 10.8 Å². The van der Waals surface area contributed by atoms with Gasteiger partial charge in [-0.15, -0.1) is 0 Å². The van der Waals surface area contributed by atoms with E-state index in [0.29, 0.717) is 28.4 Å². The second-order valence-corrected chi connectivity index (χ2v) is 5.52. The molecule has 5 heteroatoms. The molecule has 1 aliphatic rings. The third-order valence-electron chi connectivity index (χ3n) is 4.30. The van der Waals surface area contributed by atoms with Crippen molar-refractivity contribution in [2.75, 3.05) is 21.3 Å². The van der Waals surface area contributed by atoms with Gasteiger partial charge in [-0.05, 0) is 19.9 Å². The molecular weight excluding hydrogens is 296 g/mol. The number of hydrogen-bond acceptors (Lipinski definition) is 5. The van der Waals surface area contributed by atoms with Crippen LogP contribution in [0.2, 0.25) is 0 Å². The highest BCUT2D eigenvalue weighted by atomic mass is 16.5. The maximum Gasteiger partial charge on any atom is 0.195 e. The molecule has 0 amide bonds. The van der Waals surface area contributed by atoms with Crippen LogP contribution in [0.25, 0.3) is 10.8 Å². The molecule has 2 aromatic carbocycles. The molecule has 122 valence electrons. The number of ketones is 1. The molecule has 0 unspecified atom stereocenters. The van der Waals surface area contributed by atoms with Gasteiger partial charge in [-0.25, -0.2) is 0 Å². The fraction of sp³-hybridized carbons (Fsp3) is 0.389. The van der Waals surface area contributed by atoms with Crippen molar-refractivity contribution in [1.82, 2.24) is 0 Å². The summed E-state index contributed by atoms with van der Waals surface area (Å²) >= 11 is 0. The molecule has 23 heavy (non-hydrogen) atoms. The van der Waals surface area contributed by atoms with Crippen molar-refractivity contribution in [3.05, 3.63) is 29.3 Å². The number of Topliss-reactive ketones (excluding diaryl/α,β-unsaturated/α-hetero) is 1. The Balaban J connectivity index is 2.53. The summed E-state index contributed by atoms with van der Waals surface area (Å²) in [5, 5.41) is 1.57. The fourth-order valence-electron chi connectivity index (χ4n) is 3.33. The highest BCUT2D eigenvalue weighted by Crippen LogP contribution is 2.49. The van der Waals surface area contributed by atoms with Crippen LogP contribution in [0.5, 0.6) is 17.2 Å². The van der Waals surface area contributed by atoms with E-state index in [1.807, 2.05) is 25.1 Å². The minimum absolute atomic E-state index is 0.0991. The number of carbonyl (C=O) groups is 1. The minimum atomic E-state index is -0.515. The summed E-state index contributed by atoms with van der Waals surface area (Å²) in [6, 6.07) is 5.62. The Morgan fingerprint density at radius 3 is 2.26 bits per heavy atom. The molecule has 0 N–H and O–H groups in total. The molecule has 3 rings (SSSR count). The van der Waals surface area contributed by atoms with Crippen LogP contribution in [-0.2, 0) is 4.74 Å². The lowest BCUT2D eigenvalue weighted by atomic mass is 9.88. The SMILES string of the molecule is COc1c2c(c(OC)c3c(OC)cccc13)[C@@H](C)O[C@@H](C)C2=O. The third kappa shape index (κ3) is 2.15. The van der Waals surface area contributed by atoms with E-state index in [9.17, 15) is 4.79 Å². The molecule has 0 bridgehead atoms. The first-order valence-electron chi connectivity index (χ1n) is 7.49. The van der Waals surface area contributed by atoms with Gasteiger partial charge in [0.05, 0.1) is 38.4 Å². The van der Waals surface area contributed by atoms with E-state index < -0.39 is 6.10 Å². The number of hydrogen-bond donors (Lipinski definition) is 0. The summed E-state index contributed by atoms with van der Waals surface area (Å²) < 4.78 is 22.5. The van der Waals surface area contributed by atoms with Gasteiger partial charge < -0.3 is 18.9 Å². The molecular formula is C18H20O5. The highest BCUT2D eigenvalue weighted by Gasteiger charge is 2.37. The Labute approximate surface area is 135 Å². The normalized spacial score (nSPS) is 20.3. The number of benzene rings is 2. The molecule has 0 saturated heterocycles. The van der Waals surface area contributed by atoms with E-state index >= 15 is 0 Å². The largest absolute Gasteiger partial charge is 0.496 e. The van der Waals surface area contributed by atoms with Crippen LogP contribution in [-0.4, -0.2) is 33.2 Å². The average Bonchev–Trinajstić information content (AvgIpc) is 2.56. The molecule has 1 aliphatic heterocycles. The van der Waals surface area contributed by atoms with Gasteiger partial charge in [0.1, 0.15) is 23.4 Å². The van der Waals surface area contributed by atoms with Crippen molar-refractivity contribution < 1.29 is 23.7 Å². The molecule has 0 aliphatic carbocycles. The number of carbonyl (C=O) groups excluding carboxylic acids is 1. The second-order valence-electron chi connectivity index (χ2n) is 5.52. The summed E-state index contributed by atoms with van der Waals surface area (Å²) in [5.41, 5.74) is 1.25. The van der Waals surface area contributed by atoms with Crippen LogP contribution in [0.1, 0.15) is 35.9 Å². The van der Waals surface area contributed by atoms with E-state index in [-0.39, 0.29) is 11.9 Å². The summed E-state index contributed by atoms with van der Waals surface area (Å²) in [4.78, 5) is 12.7. The predicted molar refractivity (Wildman–Crippen MR) is 86.9 cm³/mol. The predicted octanol–water partition coefficient (Wildman–Crippen LogP) is 3.53. The zero-order valence-corrected chi connectivity index (χ0v) is 13.9. The van der Waals surface area contributed by atoms with E-state index in [1.54, 1.807) is 28.3 Å².